The van der Waals surface area contributed by atoms with Gasteiger partial charge in [0.2, 0.25) is 5.91 Å². The topological polar surface area (TPSA) is 110 Å². The molecular formula is C26H23N7O2. The van der Waals surface area contributed by atoms with Gasteiger partial charge in [0, 0.05) is 24.0 Å². The fourth-order valence-electron chi connectivity index (χ4n) is 4.41. The van der Waals surface area contributed by atoms with Gasteiger partial charge in [-0.05, 0) is 43.2 Å². The van der Waals surface area contributed by atoms with Gasteiger partial charge in [-0.2, -0.15) is 5.10 Å². The second kappa shape index (κ2) is 8.60. The molecule has 9 heteroatoms. The number of nitrogens with zero attached hydrogens (tertiary/aromatic N) is 4. The Labute approximate surface area is 200 Å². The van der Waals surface area contributed by atoms with Gasteiger partial charge in [-0.1, -0.05) is 30.8 Å². The van der Waals surface area contributed by atoms with Crippen molar-refractivity contribution in [2.24, 2.45) is 0 Å². The minimum atomic E-state index is -0.159. The summed E-state index contributed by atoms with van der Waals surface area (Å²) in [5.41, 5.74) is 2.35. The molecule has 1 aliphatic rings. The van der Waals surface area contributed by atoms with Crippen LogP contribution in [0.2, 0.25) is 0 Å². The van der Waals surface area contributed by atoms with Gasteiger partial charge < -0.3 is 20.4 Å². The predicted molar refractivity (Wildman–Crippen MR) is 134 cm³/mol. The molecule has 3 heterocycles. The molecule has 0 atom stereocenters. The van der Waals surface area contributed by atoms with Crippen molar-refractivity contribution in [1.29, 1.82) is 0 Å². The van der Waals surface area contributed by atoms with E-state index >= 15 is 0 Å². The standard InChI is InChI=1S/C26H23N7O2/c1-2-22(34)30-17-11-18(12-17)33-26-23-21(14-27-25(23)28-15-29-26)24(32-33)31-16-7-6-10-20(13-16)35-19-8-4-3-5-9-19/h2-10,13-15,17-18H,1,11-12H2,(H,30,34)(H,31,32)(H,27,28,29). The highest BCUT2D eigenvalue weighted by Gasteiger charge is 2.33. The highest BCUT2D eigenvalue weighted by atomic mass is 16.5. The van der Waals surface area contributed by atoms with Gasteiger partial charge in [-0.25, -0.2) is 14.6 Å². The highest BCUT2D eigenvalue weighted by Crippen LogP contribution is 2.37. The quantitative estimate of drug-likeness (QED) is 0.297. The molecule has 1 aliphatic carbocycles. The zero-order valence-corrected chi connectivity index (χ0v) is 18.8. The lowest BCUT2D eigenvalue weighted by atomic mass is 9.86. The lowest BCUT2D eigenvalue weighted by molar-refractivity contribution is -0.117. The van der Waals surface area contributed by atoms with Crippen molar-refractivity contribution in [1.82, 2.24) is 30.0 Å². The van der Waals surface area contributed by atoms with Crippen molar-refractivity contribution in [2.75, 3.05) is 5.32 Å². The number of amides is 1. The Kier molecular flexibility index (Phi) is 5.14. The van der Waals surface area contributed by atoms with Gasteiger partial charge >= 0.3 is 0 Å². The Bertz CT molecular complexity index is 1530. The molecule has 5 aromatic rings. The van der Waals surface area contributed by atoms with E-state index in [1.807, 2.05) is 59.3 Å². The van der Waals surface area contributed by atoms with Gasteiger partial charge in [-0.15, -0.1) is 0 Å². The summed E-state index contributed by atoms with van der Waals surface area (Å²) in [6.45, 7) is 3.52. The first-order valence-corrected chi connectivity index (χ1v) is 11.4. The van der Waals surface area contributed by atoms with Crippen LogP contribution >= 0.6 is 0 Å². The molecule has 0 bridgehead atoms. The molecule has 0 saturated heterocycles. The third-order valence-corrected chi connectivity index (χ3v) is 6.19. The number of carbonyl (C=O) groups excluding carboxylic acids is 1. The molecule has 0 aliphatic heterocycles. The Hall–Kier alpha value is -4.66. The minimum Gasteiger partial charge on any atom is -0.457 e. The normalized spacial score (nSPS) is 17.1. The van der Waals surface area contributed by atoms with E-state index in [9.17, 15) is 4.79 Å². The molecule has 1 amide bonds. The van der Waals surface area contributed by atoms with E-state index in [4.69, 9.17) is 9.84 Å². The lowest BCUT2D eigenvalue weighted by Crippen LogP contribution is -2.45. The summed E-state index contributed by atoms with van der Waals surface area (Å²) in [6.07, 6.45) is 6.26. The Morgan fingerprint density at radius 3 is 2.77 bits per heavy atom. The lowest BCUT2D eigenvalue weighted by Gasteiger charge is -2.36. The molecule has 2 aromatic carbocycles. The zero-order valence-electron chi connectivity index (χ0n) is 18.8. The number of para-hydroxylation sites is 1. The summed E-state index contributed by atoms with van der Waals surface area (Å²) in [4.78, 5) is 23.9. The molecule has 174 valence electrons. The number of rotatable bonds is 7. The molecule has 0 unspecified atom stereocenters. The first-order valence-electron chi connectivity index (χ1n) is 11.4. The van der Waals surface area contributed by atoms with Crippen molar-refractivity contribution in [2.45, 2.75) is 24.9 Å². The molecule has 0 spiro atoms. The van der Waals surface area contributed by atoms with Crippen LogP contribution in [0.5, 0.6) is 11.5 Å². The molecule has 0 radical (unpaired) electrons. The number of hydrogen-bond acceptors (Lipinski definition) is 6. The maximum Gasteiger partial charge on any atom is 0.243 e. The maximum absolute atomic E-state index is 11.7. The van der Waals surface area contributed by atoms with Crippen LogP contribution in [0.15, 0.2) is 79.8 Å². The predicted octanol–water partition coefficient (Wildman–Crippen LogP) is 4.85. The largest absolute Gasteiger partial charge is 0.457 e. The molecule has 35 heavy (non-hydrogen) atoms. The highest BCUT2D eigenvalue weighted by molar-refractivity contribution is 6.09. The van der Waals surface area contributed by atoms with Crippen molar-refractivity contribution in [3.63, 3.8) is 0 Å². The second-order valence-electron chi connectivity index (χ2n) is 8.52. The van der Waals surface area contributed by atoms with Gasteiger partial charge in [0.1, 0.15) is 17.1 Å². The van der Waals surface area contributed by atoms with Crippen LogP contribution < -0.4 is 15.4 Å². The maximum atomic E-state index is 11.7. The van der Waals surface area contributed by atoms with Gasteiger partial charge in [0.15, 0.2) is 11.5 Å². The average molecular weight is 466 g/mol. The van der Waals surface area contributed by atoms with E-state index in [2.05, 4.69) is 32.2 Å². The molecule has 1 saturated carbocycles. The van der Waals surface area contributed by atoms with Crippen LogP contribution in [0.25, 0.3) is 22.1 Å². The van der Waals surface area contributed by atoms with E-state index in [1.165, 1.54) is 6.08 Å². The van der Waals surface area contributed by atoms with Crippen LogP contribution in [-0.2, 0) is 4.79 Å². The van der Waals surface area contributed by atoms with E-state index < -0.39 is 0 Å². The van der Waals surface area contributed by atoms with Crippen LogP contribution in [0.1, 0.15) is 18.9 Å². The number of H-pyrrole nitrogens is 1. The summed E-state index contributed by atoms with van der Waals surface area (Å²) in [6, 6.07) is 17.6. The third kappa shape index (κ3) is 3.97. The molecule has 3 N–H and O–H groups in total. The van der Waals surface area contributed by atoms with E-state index in [-0.39, 0.29) is 18.0 Å². The second-order valence-corrected chi connectivity index (χ2v) is 8.52. The molecule has 9 nitrogen and oxygen atoms in total. The number of carbonyl (C=O) groups is 1. The van der Waals surface area contributed by atoms with Crippen LogP contribution in [-0.4, -0.2) is 36.7 Å². The molecular weight excluding hydrogens is 442 g/mol. The van der Waals surface area contributed by atoms with E-state index in [0.717, 1.165) is 52.1 Å². The first-order chi connectivity index (χ1) is 17.2. The number of aromatic nitrogens is 5. The Balaban J connectivity index is 1.33. The molecule has 3 aromatic heterocycles. The number of aromatic amines is 1. The number of anilines is 2. The summed E-state index contributed by atoms with van der Waals surface area (Å²) in [7, 11) is 0. The monoisotopic (exact) mass is 465 g/mol. The van der Waals surface area contributed by atoms with Crippen molar-refractivity contribution < 1.29 is 9.53 Å². The van der Waals surface area contributed by atoms with Gasteiger partial charge in [0.05, 0.1) is 23.1 Å². The number of hydrogen-bond donors (Lipinski definition) is 3. The fourth-order valence-corrected chi connectivity index (χ4v) is 4.41. The average Bonchev–Trinajstić information content (AvgIpc) is 3.29. The Morgan fingerprint density at radius 1 is 1.11 bits per heavy atom. The van der Waals surface area contributed by atoms with E-state index in [0.29, 0.717) is 5.82 Å². The minimum absolute atomic E-state index is 0.0916. The van der Waals surface area contributed by atoms with Crippen LogP contribution in [0, 0.1) is 0 Å². The number of nitrogens with one attached hydrogen (secondary N) is 3. The fraction of sp³-hybridized carbons (Fsp3) is 0.154. The Morgan fingerprint density at radius 2 is 1.94 bits per heavy atom. The summed E-state index contributed by atoms with van der Waals surface area (Å²) in [5.74, 6) is 2.01. The molecule has 6 rings (SSSR count). The summed E-state index contributed by atoms with van der Waals surface area (Å²) >= 11 is 0. The SMILES string of the molecule is C=CC(=O)NC1CC(n2nc(Nc3cccc(Oc4ccccc4)c3)c3cnc4[nH]cnc2c43)C1. The van der Waals surface area contributed by atoms with Crippen molar-refractivity contribution >= 4 is 39.5 Å². The van der Waals surface area contributed by atoms with Crippen molar-refractivity contribution in [3.05, 3.63) is 79.8 Å². The van der Waals surface area contributed by atoms with Crippen LogP contribution in [0.3, 0.4) is 0 Å². The summed E-state index contributed by atoms with van der Waals surface area (Å²) in [5, 5.41) is 13.1. The number of ether oxygens (including phenoxy) is 1. The first kappa shape index (κ1) is 20.9. The van der Waals surface area contributed by atoms with E-state index in [1.54, 1.807) is 12.5 Å². The van der Waals surface area contributed by atoms with Gasteiger partial charge in [-0.3, -0.25) is 4.79 Å². The van der Waals surface area contributed by atoms with Gasteiger partial charge in [0.25, 0.3) is 0 Å². The zero-order chi connectivity index (χ0) is 23.8. The van der Waals surface area contributed by atoms with Crippen molar-refractivity contribution in [3.8, 4) is 11.5 Å². The molecule has 1 fully saturated rings. The summed E-state index contributed by atoms with van der Waals surface area (Å²) < 4.78 is 7.93. The smallest absolute Gasteiger partial charge is 0.243 e. The van der Waals surface area contributed by atoms with Crippen LogP contribution in [0.4, 0.5) is 11.5 Å². The third-order valence-electron chi connectivity index (χ3n) is 6.19. The number of benzene rings is 2.